The molecule has 0 aromatic carbocycles. The highest BCUT2D eigenvalue weighted by atomic mass is 32.2. The van der Waals surface area contributed by atoms with E-state index in [1.807, 2.05) is 16.8 Å². The van der Waals surface area contributed by atoms with E-state index in [2.05, 4.69) is 0 Å². The Kier molecular flexibility index (Phi) is 3.86. The first-order valence-corrected chi connectivity index (χ1v) is 7.59. The predicted molar refractivity (Wildman–Crippen MR) is 67.6 cm³/mol. The number of sulfonamides is 1. The van der Waals surface area contributed by atoms with Gasteiger partial charge >= 0.3 is 0 Å². The lowest BCUT2D eigenvalue weighted by Crippen LogP contribution is -2.25. The molecule has 0 unspecified atom stereocenters. The zero-order valence-corrected chi connectivity index (χ0v) is 11.4. The lowest BCUT2D eigenvalue weighted by atomic mass is 10.3. The van der Waals surface area contributed by atoms with Gasteiger partial charge in [-0.15, -0.1) is 0 Å². The molecule has 7 heteroatoms. The highest BCUT2D eigenvalue weighted by Gasteiger charge is 2.24. The quantitative estimate of drug-likeness (QED) is 0.907. The number of aliphatic hydroxyl groups is 1. The van der Waals surface area contributed by atoms with E-state index in [-0.39, 0.29) is 17.5 Å². The summed E-state index contributed by atoms with van der Waals surface area (Å²) in [6, 6.07) is 4.67. The van der Waals surface area contributed by atoms with Gasteiger partial charge in [0, 0.05) is 13.6 Å². The number of rotatable bonds is 5. The normalized spacial score (nSPS) is 12.2. The van der Waals surface area contributed by atoms with Crippen molar-refractivity contribution in [3.05, 3.63) is 40.3 Å². The molecule has 0 saturated heterocycles. The molecule has 0 spiro atoms. The Morgan fingerprint density at radius 2 is 2.17 bits per heavy atom. The molecule has 0 aliphatic heterocycles. The predicted octanol–water partition coefficient (Wildman–Crippen LogP) is 1.65. The van der Waals surface area contributed by atoms with Gasteiger partial charge in [0.25, 0.3) is 10.0 Å². The van der Waals surface area contributed by atoms with Gasteiger partial charge in [0.05, 0.1) is 0 Å². The SMILES string of the molecule is CN(Cc1ccsc1)S(=O)(=O)c1ccc(CO)o1. The van der Waals surface area contributed by atoms with Crippen molar-refractivity contribution in [1.29, 1.82) is 0 Å². The van der Waals surface area contributed by atoms with E-state index < -0.39 is 10.0 Å². The molecule has 0 amide bonds. The molecule has 0 radical (unpaired) electrons. The molecule has 1 N–H and O–H groups in total. The summed E-state index contributed by atoms with van der Waals surface area (Å²) in [4.78, 5) is 0. The summed E-state index contributed by atoms with van der Waals surface area (Å²) in [5.74, 6) is 0.234. The van der Waals surface area contributed by atoms with Gasteiger partial charge in [-0.05, 0) is 34.5 Å². The molecule has 2 heterocycles. The van der Waals surface area contributed by atoms with Crippen molar-refractivity contribution in [3.63, 3.8) is 0 Å². The fourth-order valence-corrected chi connectivity index (χ4v) is 3.20. The third-order valence-corrected chi connectivity index (χ3v) is 4.85. The Balaban J connectivity index is 2.19. The second-order valence-electron chi connectivity index (χ2n) is 3.77. The van der Waals surface area contributed by atoms with Crippen LogP contribution in [0.2, 0.25) is 0 Å². The topological polar surface area (TPSA) is 70.8 Å². The van der Waals surface area contributed by atoms with Crippen molar-refractivity contribution in [2.45, 2.75) is 18.2 Å². The number of aliphatic hydroxyl groups excluding tert-OH is 1. The first-order chi connectivity index (χ1) is 8.54. The Morgan fingerprint density at radius 1 is 1.39 bits per heavy atom. The minimum Gasteiger partial charge on any atom is -0.446 e. The van der Waals surface area contributed by atoms with Gasteiger partial charge in [-0.2, -0.15) is 15.6 Å². The monoisotopic (exact) mass is 287 g/mol. The summed E-state index contributed by atoms with van der Waals surface area (Å²) in [5.41, 5.74) is 0.931. The van der Waals surface area contributed by atoms with Gasteiger partial charge in [0.1, 0.15) is 12.4 Å². The molecule has 0 aliphatic rings. The van der Waals surface area contributed by atoms with Gasteiger partial charge in [-0.1, -0.05) is 0 Å². The van der Waals surface area contributed by atoms with Crippen LogP contribution >= 0.6 is 11.3 Å². The van der Waals surface area contributed by atoms with Crippen LogP contribution in [-0.2, 0) is 23.2 Å². The van der Waals surface area contributed by atoms with E-state index in [9.17, 15) is 8.42 Å². The molecule has 18 heavy (non-hydrogen) atoms. The molecule has 0 saturated carbocycles. The van der Waals surface area contributed by atoms with E-state index in [0.717, 1.165) is 5.56 Å². The van der Waals surface area contributed by atoms with E-state index in [4.69, 9.17) is 9.52 Å². The Bertz CT molecular complexity index is 601. The van der Waals surface area contributed by atoms with Crippen LogP contribution in [0.15, 0.2) is 38.5 Å². The molecule has 0 atom stereocenters. The summed E-state index contributed by atoms with van der Waals surface area (Å²) in [7, 11) is -2.15. The van der Waals surface area contributed by atoms with Gasteiger partial charge < -0.3 is 9.52 Å². The fourth-order valence-electron chi connectivity index (χ4n) is 1.46. The number of hydrogen-bond donors (Lipinski definition) is 1. The maximum atomic E-state index is 12.1. The van der Waals surface area contributed by atoms with Crippen LogP contribution in [0.1, 0.15) is 11.3 Å². The van der Waals surface area contributed by atoms with Crippen LogP contribution in [0, 0.1) is 0 Å². The van der Waals surface area contributed by atoms with Crippen molar-refractivity contribution in [2.75, 3.05) is 7.05 Å². The largest absolute Gasteiger partial charge is 0.446 e. The van der Waals surface area contributed by atoms with Crippen molar-refractivity contribution in [3.8, 4) is 0 Å². The molecule has 2 rings (SSSR count). The summed E-state index contributed by atoms with van der Waals surface area (Å²) in [6.45, 7) is -0.0231. The van der Waals surface area contributed by atoms with Crippen LogP contribution in [0.5, 0.6) is 0 Å². The van der Waals surface area contributed by atoms with Crippen molar-refractivity contribution >= 4 is 21.4 Å². The Hall–Kier alpha value is -1.15. The van der Waals surface area contributed by atoms with E-state index in [1.54, 1.807) is 0 Å². The fraction of sp³-hybridized carbons (Fsp3) is 0.273. The third kappa shape index (κ3) is 2.64. The second kappa shape index (κ2) is 5.23. The van der Waals surface area contributed by atoms with Crippen molar-refractivity contribution < 1.29 is 17.9 Å². The smallest absolute Gasteiger partial charge is 0.276 e. The second-order valence-corrected chi connectivity index (χ2v) is 6.53. The first-order valence-electron chi connectivity index (χ1n) is 5.21. The Labute approximate surface area is 109 Å². The van der Waals surface area contributed by atoms with Crippen LogP contribution in [0.4, 0.5) is 0 Å². The maximum absolute atomic E-state index is 12.1. The van der Waals surface area contributed by atoms with Gasteiger partial charge in [-0.25, -0.2) is 8.42 Å². The third-order valence-electron chi connectivity index (χ3n) is 2.44. The highest BCUT2D eigenvalue weighted by Crippen LogP contribution is 2.20. The number of thiophene rings is 1. The molecule has 98 valence electrons. The van der Waals surface area contributed by atoms with Gasteiger partial charge in [-0.3, -0.25) is 0 Å². The van der Waals surface area contributed by atoms with Crippen molar-refractivity contribution in [1.82, 2.24) is 4.31 Å². The molecular weight excluding hydrogens is 274 g/mol. The highest BCUT2D eigenvalue weighted by molar-refractivity contribution is 7.88. The lowest BCUT2D eigenvalue weighted by Gasteiger charge is -2.14. The van der Waals surface area contributed by atoms with E-state index in [0.29, 0.717) is 6.54 Å². The van der Waals surface area contributed by atoms with Crippen LogP contribution < -0.4 is 0 Å². The lowest BCUT2D eigenvalue weighted by molar-refractivity contribution is 0.235. The number of hydrogen-bond acceptors (Lipinski definition) is 5. The molecular formula is C11H13NO4S2. The minimum atomic E-state index is -3.64. The maximum Gasteiger partial charge on any atom is 0.276 e. The van der Waals surface area contributed by atoms with E-state index >= 15 is 0 Å². The number of furan rings is 1. The van der Waals surface area contributed by atoms with Crippen LogP contribution in [0.3, 0.4) is 0 Å². The summed E-state index contributed by atoms with van der Waals surface area (Å²) < 4.78 is 30.6. The molecule has 2 aromatic heterocycles. The molecule has 2 aromatic rings. The zero-order chi connectivity index (χ0) is 13.2. The van der Waals surface area contributed by atoms with Gasteiger partial charge in [0.2, 0.25) is 5.09 Å². The average molecular weight is 287 g/mol. The standard InChI is InChI=1S/C11H13NO4S2/c1-12(6-9-4-5-17-8-9)18(14,15)11-3-2-10(7-13)16-11/h2-5,8,13H,6-7H2,1H3. The first kappa shape index (κ1) is 13.3. The molecule has 5 nitrogen and oxygen atoms in total. The average Bonchev–Trinajstić information content (AvgIpc) is 2.99. The van der Waals surface area contributed by atoms with E-state index in [1.165, 1.54) is 34.8 Å². The number of nitrogens with zero attached hydrogens (tertiary/aromatic N) is 1. The zero-order valence-electron chi connectivity index (χ0n) is 9.74. The molecule has 0 fully saturated rings. The van der Waals surface area contributed by atoms with Crippen LogP contribution in [0.25, 0.3) is 0 Å². The Morgan fingerprint density at radius 3 is 2.72 bits per heavy atom. The minimum absolute atomic E-state index is 0.149. The summed E-state index contributed by atoms with van der Waals surface area (Å²) in [6.07, 6.45) is 0. The van der Waals surface area contributed by atoms with Crippen LogP contribution in [-0.4, -0.2) is 24.9 Å². The van der Waals surface area contributed by atoms with Crippen molar-refractivity contribution in [2.24, 2.45) is 0 Å². The van der Waals surface area contributed by atoms with Gasteiger partial charge in [0.15, 0.2) is 0 Å². The molecule has 0 bridgehead atoms. The summed E-state index contributed by atoms with van der Waals surface area (Å²) in [5, 5.41) is 12.5. The molecule has 0 aliphatic carbocycles. The summed E-state index contributed by atoms with van der Waals surface area (Å²) >= 11 is 1.52.